The van der Waals surface area contributed by atoms with Crippen molar-refractivity contribution in [3.05, 3.63) is 82.9 Å². The molecule has 0 saturated carbocycles. The molecule has 236 valence electrons. The SMILES string of the molecule is CC1=C(CCCCCCN2CCN(S(=O)(=O)c3ccc4ccccc4c3)CC2)C(=O)N(c2ccc(C#N)c(C(F)(F)F)c2)C1=O. The van der Waals surface area contributed by atoms with E-state index < -0.39 is 39.1 Å². The van der Waals surface area contributed by atoms with Gasteiger partial charge in [0.15, 0.2) is 0 Å². The number of hydrogen-bond donors (Lipinski definition) is 0. The molecule has 45 heavy (non-hydrogen) atoms. The van der Waals surface area contributed by atoms with Gasteiger partial charge >= 0.3 is 6.18 Å². The van der Waals surface area contributed by atoms with E-state index in [1.165, 1.54) is 23.4 Å². The van der Waals surface area contributed by atoms with Crippen LogP contribution in [0.15, 0.2) is 76.7 Å². The van der Waals surface area contributed by atoms with Gasteiger partial charge in [0.1, 0.15) is 0 Å². The number of halogens is 3. The molecule has 3 aromatic rings. The number of carbonyl (C=O) groups excluding carboxylic acids is 2. The molecule has 0 aromatic heterocycles. The molecule has 0 aliphatic carbocycles. The molecule has 1 fully saturated rings. The predicted molar refractivity (Wildman–Crippen MR) is 164 cm³/mol. The molecular formula is C33H33F3N4O4S. The zero-order valence-electron chi connectivity index (χ0n) is 24.8. The molecule has 5 rings (SSSR count). The first-order valence-electron chi connectivity index (χ1n) is 14.8. The zero-order valence-corrected chi connectivity index (χ0v) is 25.6. The Morgan fingerprint density at radius 3 is 2.22 bits per heavy atom. The van der Waals surface area contributed by atoms with E-state index in [2.05, 4.69) is 4.90 Å². The largest absolute Gasteiger partial charge is 0.417 e. The third kappa shape index (κ3) is 6.81. The van der Waals surface area contributed by atoms with Crippen molar-refractivity contribution in [2.45, 2.75) is 50.1 Å². The Morgan fingerprint density at radius 1 is 0.844 bits per heavy atom. The number of nitriles is 1. The van der Waals surface area contributed by atoms with Crippen molar-refractivity contribution < 1.29 is 31.2 Å². The number of rotatable bonds is 10. The van der Waals surface area contributed by atoms with Crippen LogP contribution >= 0.6 is 0 Å². The first-order valence-corrected chi connectivity index (χ1v) is 16.3. The van der Waals surface area contributed by atoms with E-state index in [0.29, 0.717) is 55.6 Å². The van der Waals surface area contributed by atoms with Crippen molar-refractivity contribution in [2.75, 3.05) is 37.6 Å². The summed E-state index contributed by atoms with van der Waals surface area (Å²) in [6, 6.07) is 17.2. The number of sulfonamides is 1. The number of amides is 2. The lowest BCUT2D eigenvalue weighted by atomic mass is 10.0. The number of carbonyl (C=O) groups is 2. The van der Waals surface area contributed by atoms with Gasteiger partial charge in [-0.05, 0) is 73.8 Å². The van der Waals surface area contributed by atoms with E-state index in [4.69, 9.17) is 5.26 Å². The van der Waals surface area contributed by atoms with Gasteiger partial charge in [-0.15, -0.1) is 0 Å². The molecule has 0 bridgehead atoms. The normalized spacial score (nSPS) is 17.0. The van der Waals surface area contributed by atoms with Gasteiger partial charge in [0.05, 0.1) is 27.8 Å². The maximum Gasteiger partial charge on any atom is 0.417 e. The molecule has 2 amide bonds. The highest BCUT2D eigenvalue weighted by molar-refractivity contribution is 7.89. The molecule has 0 unspecified atom stereocenters. The van der Waals surface area contributed by atoms with Gasteiger partial charge in [-0.3, -0.25) is 9.59 Å². The second-order valence-electron chi connectivity index (χ2n) is 11.3. The lowest BCUT2D eigenvalue weighted by molar-refractivity contribution is -0.138. The monoisotopic (exact) mass is 638 g/mol. The van der Waals surface area contributed by atoms with Gasteiger partial charge in [-0.1, -0.05) is 43.2 Å². The quantitative estimate of drug-likeness (QED) is 0.203. The molecule has 2 heterocycles. The van der Waals surface area contributed by atoms with Crippen LogP contribution in [0.5, 0.6) is 0 Å². The topological polar surface area (TPSA) is 102 Å². The fourth-order valence-electron chi connectivity index (χ4n) is 5.88. The highest BCUT2D eigenvalue weighted by Crippen LogP contribution is 2.37. The minimum atomic E-state index is -4.80. The number of unbranched alkanes of at least 4 members (excludes halogenated alkanes) is 3. The van der Waals surface area contributed by atoms with Gasteiger partial charge < -0.3 is 4.90 Å². The Bertz CT molecular complexity index is 1810. The Kier molecular flexibility index (Phi) is 9.44. The standard InChI is InChI=1S/C33H33F3N4O4S/c1-23-29(32(42)40(31(23)41)27-13-11-26(22-37)30(21-27)33(34,35)36)10-4-2-3-7-15-38-16-18-39(19-17-38)45(43,44)28-14-12-24-8-5-6-9-25(24)20-28/h5-6,8-9,11-14,20-21H,2-4,7,10,15-19H2,1H3. The molecule has 0 N–H and O–H groups in total. The highest BCUT2D eigenvalue weighted by Gasteiger charge is 2.39. The van der Waals surface area contributed by atoms with Crippen molar-refractivity contribution in [1.82, 2.24) is 9.21 Å². The van der Waals surface area contributed by atoms with Crippen molar-refractivity contribution in [3.63, 3.8) is 0 Å². The van der Waals surface area contributed by atoms with Gasteiger partial charge in [0, 0.05) is 37.3 Å². The molecule has 0 atom stereocenters. The Hall–Kier alpha value is -4.05. The van der Waals surface area contributed by atoms with Crippen LogP contribution in [0.25, 0.3) is 10.8 Å². The average molecular weight is 639 g/mol. The summed E-state index contributed by atoms with van der Waals surface area (Å²) in [7, 11) is -3.58. The maximum atomic E-state index is 13.4. The van der Waals surface area contributed by atoms with E-state index in [1.54, 1.807) is 12.1 Å². The first-order chi connectivity index (χ1) is 21.4. The number of fused-ring (bicyclic) bond motifs is 1. The van der Waals surface area contributed by atoms with E-state index in [9.17, 15) is 31.2 Å². The molecule has 3 aromatic carbocycles. The Balaban J connectivity index is 1.06. The molecule has 0 radical (unpaired) electrons. The van der Waals surface area contributed by atoms with Crippen LogP contribution in [0.3, 0.4) is 0 Å². The molecule has 12 heteroatoms. The van der Waals surface area contributed by atoms with Crippen LogP contribution in [0.1, 0.15) is 50.2 Å². The summed E-state index contributed by atoms with van der Waals surface area (Å²) >= 11 is 0. The second-order valence-corrected chi connectivity index (χ2v) is 13.2. The van der Waals surface area contributed by atoms with Crippen LogP contribution in [0.4, 0.5) is 18.9 Å². The summed E-state index contributed by atoms with van der Waals surface area (Å²) in [5, 5.41) is 10.9. The van der Waals surface area contributed by atoms with Crippen LogP contribution in [0.2, 0.25) is 0 Å². The summed E-state index contributed by atoms with van der Waals surface area (Å²) in [6.45, 7) is 4.42. The highest BCUT2D eigenvalue weighted by atomic mass is 32.2. The molecular weight excluding hydrogens is 605 g/mol. The fraction of sp³-hybridized carbons (Fsp3) is 0.364. The van der Waals surface area contributed by atoms with Crippen LogP contribution in [-0.4, -0.2) is 62.2 Å². The van der Waals surface area contributed by atoms with Crippen molar-refractivity contribution in [2.24, 2.45) is 0 Å². The van der Waals surface area contributed by atoms with Crippen LogP contribution in [-0.2, 0) is 25.8 Å². The Labute approximate surface area is 260 Å². The lowest BCUT2D eigenvalue weighted by Gasteiger charge is -2.34. The van der Waals surface area contributed by atoms with E-state index >= 15 is 0 Å². The number of alkyl halides is 3. The third-order valence-corrected chi connectivity index (χ3v) is 10.4. The maximum absolute atomic E-state index is 13.4. The minimum absolute atomic E-state index is 0.212. The van der Waals surface area contributed by atoms with Gasteiger partial charge in [0.2, 0.25) is 10.0 Å². The number of benzene rings is 3. The van der Waals surface area contributed by atoms with E-state index in [0.717, 1.165) is 47.5 Å². The summed E-state index contributed by atoms with van der Waals surface area (Å²) in [5.74, 6) is -1.29. The van der Waals surface area contributed by atoms with Crippen molar-refractivity contribution >= 4 is 38.3 Å². The molecule has 2 aliphatic heterocycles. The Morgan fingerprint density at radius 2 is 1.53 bits per heavy atom. The number of nitrogens with zero attached hydrogens (tertiary/aromatic N) is 4. The van der Waals surface area contributed by atoms with Crippen LogP contribution in [0, 0.1) is 11.3 Å². The summed E-state index contributed by atoms with van der Waals surface area (Å²) in [5.41, 5.74) is -1.47. The molecule has 1 saturated heterocycles. The van der Waals surface area contributed by atoms with Gasteiger partial charge in [0.25, 0.3) is 11.8 Å². The molecule has 2 aliphatic rings. The zero-order chi connectivity index (χ0) is 32.4. The summed E-state index contributed by atoms with van der Waals surface area (Å²) in [4.78, 5) is 29.2. The van der Waals surface area contributed by atoms with E-state index in [1.807, 2.05) is 30.3 Å². The van der Waals surface area contributed by atoms with Crippen molar-refractivity contribution in [3.8, 4) is 6.07 Å². The predicted octanol–water partition coefficient (Wildman–Crippen LogP) is 5.88. The summed E-state index contributed by atoms with van der Waals surface area (Å²) < 4.78 is 68.3. The van der Waals surface area contributed by atoms with Crippen molar-refractivity contribution in [1.29, 1.82) is 5.26 Å². The number of anilines is 1. The summed E-state index contributed by atoms with van der Waals surface area (Å²) in [6.07, 6.45) is -1.28. The van der Waals surface area contributed by atoms with Crippen LogP contribution < -0.4 is 4.90 Å². The first kappa shape index (κ1) is 32.3. The number of hydrogen-bond acceptors (Lipinski definition) is 6. The second kappa shape index (κ2) is 13.1. The van der Waals surface area contributed by atoms with E-state index in [-0.39, 0.29) is 11.3 Å². The fourth-order valence-corrected chi connectivity index (χ4v) is 7.34. The number of imide groups is 1. The lowest BCUT2D eigenvalue weighted by Crippen LogP contribution is -2.48. The molecule has 0 spiro atoms. The van der Waals surface area contributed by atoms with Gasteiger partial charge in [-0.2, -0.15) is 22.7 Å². The molecule has 8 nitrogen and oxygen atoms in total. The third-order valence-electron chi connectivity index (χ3n) is 8.47. The smallest absolute Gasteiger partial charge is 0.301 e. The number of piperazine rings is 1. The minimum Gasteiger partial charge on any atom is -0.301 e. The van der Waals surface area contributed by atoms with Gasteiger partial charge in [-0.25, -0.2) is 13.3 Å². The average Bonchev–Trinajstić information content (AvgIpc) is 3.24.